The summed E-state index contributed by atoms with van der Waals surface area (Å²) in [6, 6.07) is 12.2. The number of esters is 1. The highest BCUT2D eigenvalue weighted by Crippen LogP contribution is 2.14. The maximum absolute atomic E-state index is 13.6. The zero-order chi connectivity index (χ0) is 21.9. The van der Waals surface area contributed by atoms with Crippen molar-refractivity contribution in [3.8, 4) is 5.75 Å². The van der Waals surface area contributed by atoms with Gasteiger partial charge >= 0.3 is 5.97 Å². The molecule has 0 aliphatic heterocycles. The van der Waals surface area contributed by atoms with E-state index in [1.54, 1.807) is 30.3 Å². The molecular formula is C22H25FN2O5. The van der Waals surface area contributed by atoms with Gasteiger partial charge in [-0.3, -0.25) is 14.4 Å². The fourth-order valence-electron chi connectivity index (χ4n) is 2.38. The third-order valence-electron chi connectivity index (χ3n) is 4.09. The van der Waals surface area contributed by atoms with Crippen LogP contribution in [0, 0.1) is 5.82 Å². The topological polar surface area (TPSA) is 93.7 Å². The molecule has 2 aromatic carbocycles. The second kappa shape index (κ2) is 11.5. The van der Waals surface area contributed by atoms with E-state index in [1.807, 2.05) is 0 Å². The summed E-state index contributed by atoms with van der Waals surface area (Å²) in [6.07, 6.45) is 0.815. The van der Waals surface area contributed by atoms with Gasteiger partial charge in [-0.15, -0.1) is 0 Å². The Kier molecular flexibility index (Phi) is 8.80. The maximum atomic E-state index is 13.6. The number of unbranched alkanes of at least 4 members (excludes halogenated alkanes) is 1. The number of hydrogen-bond acceptors (Lipinski definition) is 5. The lowest BCUT2D eigenvalue weighted by atomic mass is 10.2. The molecule has 0 saturated heterocycles. The third-order valence-corrected chi connectivity index (χ3v) is 4.09. The van der Waals surface area contributed by atoms with Crippen LogP contribution in [-0.2, 0) is 14.3 Å². The lowest BCUT2D eigenvalue weighted by Gasteiger charge is -2.14. The molecule has 2 rings (SSSR count). The lowest BCUT2D eigenvalue weighted by Crippen LogP contribution is -2.36. The van der Waals surface area contributed by atoms with Crippen LogP contribution in [0.4, 0.5) is 10.1 Å². The minimum Gasteiger partial charge on any atom is -0.494 e. The van der Waals surface area contributed by atoms with Gasteiger partial charge in [-0.25, -0.2) is 4.39 Å². The number of hydrogen-bond donors (Lipinski definition) is 2. The van der Waals surface area contributed by atoms with Crippen molar-refractivity contribution in [2.24, 2.45) is 0 Å². The number of ether oxygens (including phenoxy) is 2. The first-order valence-electron chi connectivity index (χ1n) is 9.66. The van der Waals surface area contributed by atoms with Crippen molar-refractivity contribution in [3.63, 3.8) is 0 Å². The number of benzene rings is 2. The molecule has 0 aliphatic rings. The van der Waals surface area contributed by atoms with E-state index in [2.05, 4.69) is 17.6 Å². The monoisotopic (exact) mass is 416 g/mol. The Morgan fingerprint density at radius 2 is 1.77 bits per heavy atom. The van der Waals surface area contributed by atoms with Crippen molar-refractivity contribution in [2.45, 2.75) is 32.8 Å². The van der Waals surface area contributed by atoms with Crippen LogP contribution in [-0.4, -0.2) is 37.0 Å². The Balaban J connectivity index is 1.77. The highest BCUT2D eigenvalue weighted by Gasteiger charge is 2.19. The van der Waals surface area contributed by atoms with Gasteiger partial charge in [0.25, 0.3) is 11.8 Å². The van der Waals surface area contributed by atoms with Gasteiger partial charge in [-0.05, 0) is 49.7 Å². The van der Waals surface area contributed by atoms with E-state index >= 15 is 0 Å². The van der Waals surface area contributed by atoms with Crippen molar-refractivity contribution in [1.82, 2.24) is 5.32 Å². The van der Waals surface area contributed by atoms with E-state index in [0.29, 0.717) is 17.9 Å². The van der Waals surface area contributed by atoms with Crippen LogP contribution in [0.25, 0.3) is 0 Å². The van der Waals surface area contributed by atoms with Crippen molar-refractivity contribution >= 4 is 23.5 Å². The normalized spacial score (nSPS) is 11.3. The van der Waals surface area contributed by atoms with Gasteiger partial charge in [-0.2, -0.15) is 0 Å². The van der Waals surface area contributed by atoms with E-state index in [0.717, 1.165) is 12.8 Å². The van der Waals surface area contributed by atoms with Crippen molar-refractivity contribution in [3.05, 3.63) is 59.9 Å². The largest absolute Gasteiger partial charge is 0.494 e. The first kappa shape index (κ1) is 22.9. The Labute approximate surface area is 174 Å². The fraction of sp³-hybridized carbons (Fsp3) is 0.318. The number of carbonyl (C=O) groups excluding carboxylic acids is 3. The van der Waals surface area contributed by atoms with Crippen LogP contribution in [0.5, 0.6) is 5.75 Å². The first-order chi connectivity index (χ1) is 14.4. The average molecular weight is 416 g/mol. The van der Waals surface area contributed by atoms with Crippen molar-refractivity contribution in [1.29, 1.82) is 0 Å². The van der Waals surface area contributed by atoms with E-state index in [9.17, 15) is 18.8 Å². The summed E-state index contributed by atoms with van der Waals surface area (Å²) >= 11 is 0. The van der Waals surface area contributed by atoms with Crippen molar-refractivity contribution in [2.75, 3.05) is 18.5 Å². The van der Waals surface area contributed by atoms with Crippen LogP contribution >= 0.6 is 0 Å². The molecule has 0 radical (unpaired) electrons. The molecule has 0 unspecified atom stereocenters. The Morgan fingerprint density at radius 3 is 2.43 bits per heavy atom. The molecule has 0 bridgehead atoms. The predicted octanol–water partition coefficient (Wildman–Crippen LogP) is 3.30. The maximum Gasteiger partial charge on any atom is 0.326 e. The van der Waals surface area contributed by atoms with Gasteiger partial charge in [0.05, 0.1) is 12.3 Å². The fourth-order valence-corrected chi connectivity index (χ4v) is 2.38. The number of halogens is 1. The van der Waals surface area contributed by atoms with E-state index < -0.39 is 36.2 Å². The molecule has 7 nitrogen and oxygen atoms in total. The smallest absolute Gasteiger partial charge is 0.326 e. The van der Waals surface area contributed by atoms with Gasteiger partial charge in [0.1, 0.15) is 18.1 Å². The highest BCUT2D eigenvalue weighted by atomic mass is 19.1. The molecule has 160 valence electrons. The minimum atomic E-state index is -1.16. The molecule has 0 aliphatic carbocycles. The molecule has 0 fully saturated rings. The molecule has 2 aromatic rings. The second-order valence-electron chi connectivity index (χ2n) is 6.51. The minimum absolute atomic E-state index is 0.0131. The van der Waals surface area contributed by atoms with Crippen molar-refractivity contribution < 1.29 is 28.2 Å². The summed E-state index contributed by atoms with van der Waals surface area (Å²) in [4.78, 5) is 36.1. The van der Waals surface area contributed by atoms with Crippen LogP contribution in [0.3, 0.4) is 0 Å². The molecule has 30 heavy (non-hydrogen) atoms. The molecule has 0 spiro atoms. The summed E-state index contributed by atoms with van der Waals surface area (Å²) in [6.45, 7) is 3.62. The summed E-state index contributed by atoms with van der Waals surface area (Å²) in [5, 5.41) is 4.77. The van der Waals surface area contributed by atoms with Crippen LogP contribution in [0.15, 0.2) is 48.5 Å². The Bertz CT molecular complexity index is 870. The summed E-state index contributed by atoms with van der Waals surface area (Å²) in [5.41, 5.74) is 0.344. The highest BCUT2D eigenvalue weighted by molar-refractivity contribution is 5.97. The lowest BCUT2D eigenvalue weighted by molar-refractivity contribution is -0.152. The molecule has 2 amide bonds. The summed E-state index contributed by atoms with van der Waals surface area (Å²) in [5.74, 6) is -1.87. The van der Waals surface area contributed by atoms with Crippen LogP contribution in [0.1, 0.15) is 37.0 Å². The standard InChI is InChI=1S/C22H25FN2O5/c1-3-4-13-29-17-11-9-16(10-12-17)22(28)24-14-20(26)30-15(2)21(27)25-19-8-6-5-7-18(19)23/h5-12,15H,3-4,13-14H2,1-2H3,(H,24,28)(H,25,27)/t15-/m0/s1. The van der Waals surface area contributed by atoms with Crippen LogP contribution < -0.4 is 15.4 Å². The third kappa shape index (κ3) is 7.20. The van der Waals surface area contributed by atoms with Crippen LogP contribution in [0.2, 0.25) is 0 Å². The number of carbonyl (C=O) groups is 3. The quantitative estimate of drug-likeness (QED) is 0.458. The van der Waals surface area contributed by atoms with Gasteiger partial charge in [0.2, 0.25) is 0 Å². The predicted molar refractivity (Wildman–Crippen MR) is 110 cm³/mol. The molecular weight excluding hydrogens is 391 g/mol. The zero-order valence-electron chi connectivity index (χ0n) is 16.9. The van der Waals surface area contributed by atoms with Gasteiger partial charge in [-0.1, -0.05) is 25.5 Å². The molecule has 0 heterocycles. The number of nitrogens with one attached hydrogen (secondary N) is 2. The first-order valence-corrected chi connectivity index (χ1v) is 9.66. The van der Waals surface area contributed by atoms with E-state index in [1.165, 1.54) is 25.1 Å². The van der Waals surface area contributed by atoms with Gasteiger partial charge < -0.3 is 20.1 Å². The number of para-hydroxylation sites is 1. The number of amides is 2. The average Bonchev–Trinajstić information content (AvgIpc) is 2.74. The molecule has 0 saturated carbocycles. The van der Waals surface area contributed by atoms with Gasteiger partial charge in [0.15, 0.2) is 6.10 Å². The number of anilines is 1. The van der Waals surface area contributed by atoms with E-state index in [-0.39, 0.29) is 5.69 Å². The second-order valence-corrected chi connectivity index (χ2v) is 6.51. The summed E-state index contributed by atoms with van der Waals surface area (Å²) in [7, 11) is 0. The molecule has 1 atom stereocenters. The molecule has 0 aromatic heterocycles. The Hall–Kier alpha value is -3.42. The Morgan fingerprint density at radius 1 is 1.07 bits per heavy atom. The summed E-state index contributed by atoms with van der Waals surface area (Å²) < 4.78 is 24.1. The molecule has 8 heteroatoms. The SMILES string of the molecule is CCCCOc1ccc(C(=O)NCC(=O)O[C@@H](C)C(=O)Nc2ccccc2F)cc1. The number of rotatable bonds is 10. The van der Waals surface area contributed by atoms with Gasteiger partial charge in [0, 0.05) is 5.56 Å². The zero-order valence-corrected chi connectivity index (χ0v) is 16.9. The van der Waals surface area contributed by atoms with E-state index in [4.69, 9.17) is 9.47 Å². The molecule has 2 N–H and O–H groups in total.